The van der Waals surface area contributed by atoms with Gasteiger partial charge in [0.15, 0.2) is 22.8 Å². The van der Waals surface area contributed by atoms with Crippen LogP contribution in [0.25, 0.3) is 11.2 Å². The van der Waals surface area contributed by atoms with Gasteiger partial charge < -0.3 is 56.0 Å². The van der Waals surface area contributed by atoms with Gasteiger partial charge in [-0.15, -0.1) is 0 Å². The fraction of sp³-hybridized carbons (Fsp3) is 0.814. The molecule has 29 heteroatoms. The lowest BCUT2D eigenvalue weighted by atomic mass is 9.87. The van der Waals surface area contributed by atoms with E-state index in [0.717, 1.165) is 48.2 Å². The smallest absolute Gasteiger partial charge is 0.393 e. The minimum Gasteiger partial charge on any atom is -0.393 e. The number of fused-ring (bicyclic) bond motifs is 1. The number of rotatable bonds is 39. The Balaban J connectivity index is 1.26. The summed E-state index contributed by atoms with van der Waals surface area (Å²) in [5, 5.41) is 36.7. The van der Waals surface area contributed by atoms with Gasteiger partial charge >= 0.3 is 23.5 Å². The van der Waals surface area contributed by atoms with Gasteiger partial charge in [-0.25, -0.2) is 28.6 Å². The minimum absolute atomic E-state index is 0.0271. The number of carbonyl (C=O) groups excluding carboxylic acids is 3. The van der Waals surface area contributed by atoms with E-state index in [1.165, 1.54) is 104 Å². The number of carbonyl (C=O) groups is 3. The van der Waals surface area contributed by atoms with E-state index in [1.54, 1.807) is 0 Å². The van der Waals surface area contributed by atoms with Crippen LogP contribution in [0.3, 0.4) is 0 Å². The highest BCUT2D eigenvalue weighted by Gasteiger charge is 2.50. The van der Waals surface area contributed by atoms with Gasteiger partial charge in [0.1, 0.15) is 36.3 Å². The molecule has 414 valence electrons. The number of amides is 2. The van der Waals surface area contributed by atoms with Crippen molar-refractivity contribution in [3.8, 4) is 0 Å². The first-order valence-electron chi connectivity index (χ1n) is 24.7. The lowest BCUT2D eigenvalue weighted by Gasteiger charge is -2.30. The zero-order valence-electron chi connectivity index (χ0n) is 41.5. The molecule has 2 aromatic heterocycles. The summed E-state index contributed by atoms with van der Waals surface area (Å²) in [4.78, 5) is 88.6. The molecule has 1 aliphatic rings. The Kier molecular flexibility index (Phi) is 28.5. The quantitative estimate of drug-likeness (QED) is 0.0293. The summed E-state index contributed by atoms with van der Waals surface area (Å²) in [7, 11) is -16.4. The van der Waals surface area contributed by atoms with Crippen LogP contribution in [0.4, 0.5) is 5.82 Å². The number of unbranched alkanes of at least 4 members (excludes halogenated alkanes) is 16. The van der Waals surface area contributed by atoms with Crippen LogP contribution in [0, 0.1) is 5.41 Å². The second-order valence-electron chi connectivity index (χ2n) is 18.6. The van der Waals surface area contributed by atoms with E-state index in [-0.39, 0.29) is 53.8 Å². The molecular formula is C43H78N7O18P3S. The van der Waals surface area contributed by atoms with Crippen molar-refractivity contribution in [2.45, 2.75) is 186 Å². The summed E-state index contributed by atoms with van der Waals surface area (Å²) >= 11 is 1.00. The Bertz CT molecular complexity index is 2100. The van der Waals surface area contributed by atoms with Crippen LogP contribution in [0.15, 0.2) is 12.7 Å². The van der Waals surface area contributed by atoms with E-state index in [2.05, 4.69) is 41.3 Å². The standard InChI is InChI=1S/C43H78N7O18P3S/c1-4-5-6-7-8-9-10-11-12-13-14-15-16-17-18-19-20-21-31(51)26-34(53)72-25-24-45-33(52)22-23-46-41(56)38(55)43(2,3)28-65-71(62,63)68-70(60,61)64-27-32-37(67-69(57,58)59)36(54)42(66-32)50-30-49-35-39(44)47-29-48-40(35)50/h29-32,36-38,42,51,54-55H,4-28H2,1-3H3,(H,45,52)(H,46,56)(H,60,61)(H,62,63)(H2,44,47,48)(H2,57,58,59)/t31?,32-,36-,37-,38+,42-/m1/s1. The van der Waals surface area contributed by atoms with Gasteiger partial charge in [0.2, 0.25) is 11.8 Å². The molecule has 11 N–H and O–H groups in total. The number of ether oxygens (including phenoxy) is 1. The maximum atomic E-state index is 12.8. The number of nitrogens with zero attached hydrogens (tertiary/aromatic N) is 4. The maximum absolute atomic E-state index is 12.8. The van der Waals surface area contributed by atoms with Gasteiger partial charge in [-0.05, 0) is 6.42 Å². The average Bonchev–Trinajstić information content (AvgIpc) is 3.86. The van der Waals surface area contributed by atoms with Crippen LogP contribution in [-0.4, -0.2) is 134 Å². The molecule has 1 saturated heterocycles. The van der Waals surface area contributed by atoms with Crippen LogP contribution in [0.5, 0.6) is 0 Å². The predicted molar refractivity (Wildman–Crippen MR) is 267 cm³/mol. The molecule has 3 unspecified atom stereocenters. The molecule has 8 atom stereocenters. The fourth-order valence-corrected chi connectivity index (χ4v) is 11.3. The highest BCUT2D eigenvalue weighted by Crippen LogP contribution is 2.61. The van der Waals surface area contributed by atoms with Gasteiger partial charge in [-0.2, -0.15) is 4.31 Å². The summed E-state index contributed by atoms with van der Waals surface area (Å²) < 4.78 is 62.5. The zero-order valence-corrected chi connectivity index (χ0v) is 45.0. The number of nitrogens with one attached hydrogen (secondary N) is 2. The van der Waals surface area contributed by atoms with Crippen molar-refractivity contribution in [1.29, 1.82) is 0 Å². The van der Waals surface area contributed by atoms with Gasteiger partial charge in [-0.3, -0.25) is 32.5 Å². The molecule has 0 aromatic carbocycles. The maximum Gasteiger partial charge on any atom is 0.481 e. The highest BCUT2D eigenvalue weighted by atomic mass is 32.2. The van der Waals surface area contributed by atoms with Gasteiger partial charge in [0.25, 0.3) is 0 Å². The van der Waals surface area contributed by atoms with Crippen molar-refractivity contribution >= 4 is 69.1 Å². The van der Waals surface area contributed by atoms with E-state index in [9.17, 15) is 63.0 Å². The number of thioether (sulfide) groups is 1. The van der Waals surface area contributed by atoms with E-state index >= 15 is 0 Å². The van der Waals surface area contributed by atoms with Crippen molar-refractivity contribution in [1.82, 2.24) is 30.2 Å². The number of nitrogen functional groups attached to an aromatic ring is 1. The number of nitrogens with two attached hydrogens (primary N) is 1. The summed E-state index contributed by atoms with van der Waals surface area (Å²) in [6.07, 6.45) is 14.5. The molecule has 2 amide bonds. The number of aliphatic hydroxyl groups is 3. The average molecular weight is 1110 g/mol. The summed E-state index contributed by atoms with van der Waals surface area (Å²) in [6.45, 7) is 2.66. The lowest BCUT2D eigenvalue weighted by Crippen LogP contribution is -2.46. The normalized spacial score (nSPS) is 20.0. The number of aromatic nitrogens is 4. The first kappa shape index (κ1) is 63.8. The molecule has 1 fully saturated rings. The van der Waals surface area contributed by atoms with Crippen LogP contribution in [0.1, 0.15) is 155 Å². The summed E-state index contributed by atoms with van der Waals surface area (Å²) in [5.41, 5.74) is 4.26. The van der Waals surface area contributed by atoms with Crippen molar-refractivity contribution in [2.24, 2.45) is 5.41 Å². The molecule has 0 aliphatic carbocycles. The molecular weight excluding hydrogens is 1030 g/mol. The molecule has 0 radical (unpaired) electrons. The Morgan fingerprint density at radius 3 is 1.99 bits per heavy atom. The Morgan fingerprint density at radius 1 is 0.833 bits per heavy atom. The van der Waals surface area contributed by atoms with Crippen LogP contribution >= 0.6 is 35.2 Å². The third kappa shape index (κ3) is 24.5. The Labute approximate surface area is 425 Å². The SMILES string of the molecule is CCCCCCCCCCCCCCCCCCCC(O)CC(=O)SCCNC(=O)CCNC(=O)[C@H](O)C(C)(C)COP(=O)(O)OP(=O)(O)OC[C@H]1O[C@@H](n2cnc3c(N)ncnc32)[C@H](O)[C@@H]1OP(=O)(O)O. The Morgan fingerprint density at radius 2 is 1.40 bits per heavy atom. The molecule has 2 aromatic rings. The minimum atomic E-state index is -5.59. The second kappa shape index (κ2) is 32.2. The monoisotopic (exact) mass is 1110 g/mol. The third-order valence-corrected chi connectivity index (χ3v) is 15.8. The van der Waals surface area contributed by atoms with Crippen LogP contribution in [-0.2, 0) is 50.7 Å². The Hall–Kier alpha value is -2.48. The van der Waals surface area contributed by atoms with Crippen molar-refractivity contribution in [3.05, 3.63) is 12.7 Å². The first-order chi connectivity index (χ1) is 33.9. The predicted octanol–water partition coefficient (Wildman–Crippen LogP) is 5.46. The molecule has 0 spiro atoms. The molecule has 3 rings (SSSR count). The molecule has 72 heavy (non-hydrogen) atoms. The largest absolute Gasteiger partial charge is 0.481 e. The number of phosphoric ester groups is 3. The third-order valence-electron chi connectivity index (χ3n) is 11.8. The molecule has 1 aliphatic heterocycles. The van der Waals surface area contributed by atoms with Crippen molar-refractivity contribution in [3.63, 3.8) is 0 Å². The lowest BCUT2D eigenvalue weighted by molar-refractivity contribution is -0.137. The van der Waals surface area contributed by atoms with Crippen molar-refractivity contribution < 1.29 is 85.6 Å². The van der Waals surface area contributed by atoms with Crippen molar-refractivity contribution in [2.75, 3.05) is 37.8 Å². The topological polar surface area (TPSA) is 384 Å². The van der Waals surface area contributed by atoms with E-state index in [0.29, 0.717) is 6.42 Å². The van der Waals surface area contributed by atoms with E-state index < -0.39 is 90.7 Å². The molecule has 25 nitrogen and oxygen atoms in total. The van der Waals surface area contributed by atoms with Crippen LogP contribution in [0.2, 0.25) is 0 Å². The number of aliphatic hydroxyl groups excluding tert-OH is 3. The number of phosphoric acid groups is 3. The molecule has 0 saturated carbocycles. The summed E-state index contributed by atoms with van der Waals surface area (Å²) in [5.74, 6) is -1.21. The van der Waals surface area contributed by atoms with Gasteiger partial charge in [-0.1, -0.05) is 142 Å². The van der Waals surface area contributed by atoms with Gasteiger partial charge in [0.05, 0.1) is 25.6 Å². The highest BCUT2D eigenvalue weighted by molar-refractivity contribution is 8.13. The number of hydrogen-bond donors (Lipinski definition) is 10. The second-order valence-corrected chi connectivity index (χ2v) is 24.0. The van der Waals surface area contributed by atoms with E-state index in [4.69, 9.17) is 19.5 Å². The molecule has 3 heterocycles. The van der Waals surface area contributed by atoms with E-state index in [1.807, 2.05) is 0 Å². The zero-order chi connectivity index (χ0) is 53.4. The summed E-state index contributed by atoms with van der Waals surface area (Å²) in [6, 6.07) is 0. The first-order valence-corrected chi connectivity index (χ1v) is 30.2. The van der Waals surface area contributed by atoms with Crippen LogP contribution < -0.4 is 16.4 Å². The number of imidazole rings is 1. The molecule has 0 bridgehead atoms. The fourth-order valence-electron chi connectivity index (χ4n) is 7.75. The number of anilines is 1. The van der Waals surface area contributed by atoms with Gasteiger partial charge in [0, 0.05) is 37.1 Å². The number of hydrogen-bond acceptors (Lipinski definition) is 19.